The highest BCUT2D eigenvalue weighted by Gasteiger charge is 2.29. The van der Waals surface area contributed by atoms with Gasteiger partial charge in [0.2, 0.25) is 5.91 Å². The molecule has 11 nitrogen and oxygen atoms in total. The first-order chi connectivity index (χ1) is 23.3. The maximum Gasteiger partial charge on any atom is 0.326 e. The molecule has 4 aromatic carbocycles. The number of nitrogens with two attached hydrogens (primary N) is 1. The van der Waals surface area contributed by atoms with Crippen LogP contribution in [0.25, 0.3) is 0 Å². The Morgan fingerprint density at radius 2 is 1.59 bits per heavy atom. The normalized spacial score (nSPS) is 13.8. The van der Waals surface area contributed by atoms with E-state index in [-0.39, 0.29) is 34.8 Å². The van der Waals surface area contributed by atoms with Gasteiger partial charge in [-0.15, -0.1) is 0 Å². The average molecular weight is 688 g/mol. The topological polar surface area (TPSA) is 151 Å². The molecule has 0 aliphatic carbocycles. The highest BCUT2D eigenvalue weighted by molar-refractivity contribution is 7.89. The number of sulfone groups is 1. The van der Waals surface area contributed by atoms with E-state index in [0.29, 0.717) is 23.5 Å². The lowest BCUT2D eigenvalue weighted by atomic mass is 10.0. The van der Waals surface area contributed by atoms with Crippen LogP contribution >= 0.6 is 0 Å². The predicted molar refractivity (Wildman–Crippen MR) is 187 cm³/mol. The smallest absolute Gasteiger partial charge is 0.326 e. The maximum atomic E-state index is 14.2. The number of benzene rings is 4. The monoisotopic (exact) mass is 687 g/mol. The molecule has 13 heteroatoms. The zero-order chi connectivity index (χ0) is 35.1. The molecule has 49 heavy (non-hydrogen) atoms. The third-order valence-corrected chi connectivity index (χ3v) is 8.86. The van der Waals surface area contributed by atoms with E-state index in [9.17, 15) is 27.2 Å². The molecule has 1 heterocycles. The summed E-state index contributed by atoms with van der Waals surface area (Å²) in [7, 11) is -3.29. The van der Waals surface area contributed by atoms with Crippen molar-refractivity contribution < 1.29 is 31.9 Å². The highest BCUT2D eigenvalue weighted by atomic mass is 32.2. The molecular formula is C36H38FN5O6S. The molecule has 0 atom stereocenters. The van der Waals surface area contributed by atoms with Gasteiger partial charge in [-0.3, -0.25) is 19.4 Å². The molecule has 4 aromatic rings. The lowest BCUT2D eigenvalue weighted by molar-refractivity contribution is -0.114. The van der Waals surface area contributed by atoms with Crippen molar-refractivity contribution in [3.8, 4) is 11.5 Å². The van der Waals surface area contributed by atoms with Crippen molar-refractivity contribution >= 4 is 44.7 Å². The minimum Gasteiger partial charge on any atom is -0.457 e. The first-order valence-electron chi connectivity index (χ1n) is 15.7. The number of anilines is 3. The van der Waals surface area contributed by atoms with Gasteiger partial charge in [-0.25, -0.2) is 17.6 Å². The Morgan fingerprint density at radius 1 is 0.918 bits per heavy atom. The van der Waals surface area contributed by atoms with E-state index in [2.05, 4.69) is 15.5 Å². The second-order valence-corrected chi connectivity index (χ2v) is 14.2. The van der Waals surface area contributed by atoms with Crippen LogP contribution in [-0.4, -0.2) is 56.6 Å². The van der Waals surface area contributed by atoms with E-state index in [0.717, 1.165) is 43.4 Å². The van der Waals surface area contributed by atoms with Crippen LogP contribution < -0.4 is 26.0 Å². The summed E-state index contributed by atoms with van der Waals surface area (Å²) in [5.41, 5.74) is 8.21. The molecule has 0 spiro atoms. The van der Waals surface area contributed by atoms with Gasteiger partial charge in [-0.05, 0) is 78.6 Å². The van der Waals surface area contributed by atoms with Gasteiger partial charge in [0.25, 0.3) is 5.91 Å². The van der Waals surface area contributed by atoms with Gasteiger partial charge in [0.1, 0.15) is 17.3 Å². The van der Waals surface area contributed by atoms with Crippen LogP contribution in [0.3, 0.4) is 0 Å². The van der Waals surface area contributed by atoms with E-state index in [4.69, 9.17) is 10.5 Å². The number of amides is 4. The summed E-state index contributed by atoms with van der Waals surface area (Å²) in [4.78, 5) is 41.2. The lowest BCUT2D eigenvalue weighted by Gasteiger charge is -2.38. The molecule has 0 saturated carbocycles. The quantitative estimate of drug-likeness (QED) is 0.177. The first kappa shape index (κ1) is 35.0. The fourth-order valence-corrected chi connectivity index (χ4v) is 6.57. The van der Waals surface area contributed by atoms with E-state index in [1.54, 1.807) is 29.2 Å². The molecule has 0 aromatic heterocycles. The van der Waals surface area contributed by atoms with E-state index >= 15 is 0 Å². The van der Waals surface area contributed by atoms with Gasteiger partial charge in [0.05, 0.1) is 17.0 Å². The molecular weight excluding hydrogens is 649 g/mol. The fraction of sp³-hybridized carbons (Fsp3) is 0.250. The number of para-hydroxylation sites is 1. The Hall–Kier alpha value is -5.27. The summed E-state index contributed by atoms with van der Waals surface area (Å²) in [6, 6.07) is 25.0. The van der Waals surface area contributed by atoms with Crippen molar-refractivity contribution in [1.82, 2.24) is 4.90 Å². The third-order valence-electron chi connectivity index (χ3n) is 8.00. The second-order valence-electron chi connectivity index (χ2n) is 12.0. The first-order valence-corrected chi connectivity index (χ1v) is 17.7. The van der Waals surface area contributed by atoms with Crippen LogP contribution in [0.2, 0.25) is 0 Å². The van der Waals surface area contributed by atoms with Crippen molar-refractivity contribution in [1.29, 1.82) is 0 Å². The molecule has 4 amide bonds. The molecule has 4 N–H and O–H groups in total. The SMILES string of the molecule is CC(=O)Nc1cc(NC(=O)N(c2ccccc2)C2CCN(Cc3ccc(Oc4ccc(CS(C)(=O)=O)cc4C(N)=O)cc3)CC2)ccc1F. The molecule has 1 aliphatic rings. The van der Waals surface area contributed by atoms with Gasteiger partial charge in [0, 0.05) is 50.2 Å². The molecule has 256 valence electrons. The molecule has 0 radical (unpaired) electrons. The van der Waals surface area contributed by atoms with Gasteiger partial charge in [-0.2, -0.15) is 0 Å². The Morgan fingerprint density at radius 3 is 2.22 bits per heavy atom. The number of hydrogen-bond donors (Lipinski definition) is 3. The summed E-state index contributed by atoms with van der Waals surface area (Å²) >= 11 is 0. The number of nitrogens with zero attached hydrogens (tertiary/aromatic N) is 2. The molecule has 0 unspecified atom stereocenters. The Labute approximate surface area is 284 Å². The number of primary amides is 1. The van der Waals surface area contributed by atoms with Crippen molar-refractivity contribution in [2.24, 2.45) is 5.73 Å². The van der Waals surface area contributed by atoms with Crippen LogP contribution in [0, 0.1) is 5.82 Å². The zero-order valence-electron chi connectivity index (χ0n) is 27.2. The summed E-state index contributed by atoms with van der Waals surface area (Å²) in [6.45, 7) is 3.45. The minimum absolute atomic E-state index is 0.0135. The number of piperidine rings is 1. The standard InChI is InChI=1S/C36H38FN5O6S/c1-24(43)39-33-21-27(11-14-32(33)37)40-36(45)42(28-6-4-3-5-7-28)29-16-18-41(19-17-29)22-25-8-12-30(13-9-25)48-34-15-10-26(23-49(2,46)47)20-31(34)35(38)44/h3-15,20-21,29H,16-19,22-23H2,1-2H3,(H2,38,44)(H,39,43)(H,40,45). The number of likely N-dealkylation sites (tertiary alicyclic amines) is 1. The number of halogens is 1. The lowest BCUT2D eigenvalue weighted by Crippen LogP contribution is -2.49. The Balaban J connectivity index is 1.21. The molecule has 0 bridgehead atoms. The highest BCUT2D eigenvalue weighted by Crippen LogP contribution is 2.29. The second kappa shape index (κ2) is 15.3. The summed E-state index contributed by atoms with van der Waals surface area (Å²) in [6.07, 6.45) is 2.55. The van der Waals surface area contributed by atoms with Gasteiger partial charge >= 0.3 is 6.03 Å². The van der Waals surface area contributed by atoms with Gasteiger partial charge < -0.3 is 21.1 Å². The number of nitrogens with one attached hydrogen (secondary N) is 2. The predicted octanol–water partition coefficient (Wildman–Crippen LogP) is 5.92. The molecule has 1 aliphatic heterocycles. The van der Waals surface area contributed by atoms with Crippen LogP contribution in [0.1, 0.15) is 41.3 Å². The number of hydrogen-bond acceptors (Lipinski definition) is 7. The average Bonchev–Trinajstić information content (AvgIpc) is 3.05. The van der Waals surface area contributed by atoms with Crippen molar-refractivity contribution in [3.05, 3.63) is 114 Å². The number of carbonyl (C=O) groups is 3. The van der Waals surface area contributed by atoms with Gasteiger partial charge in [-0.1, -0.05) is 36.4 Å². The Kier molecular flexibility index (Phi) is 10.9. The Bertz CT molecular complexity index is 1930. The largest absolute Gasteiger partial charge is 0.457 e. The summed E-state index contributed by atoms with van der Waals surface area (Å²) in [5, 5.41) is 5.31. The number of urea groups is 1. The van der Waals surface area contributed by atoms with Gasteiger partial charge in [0.15, 0.2) is 9.84 Å². The third kappa shape index (κ3) is 9.64. The summed E-state index contributed by atoms with van der Waals surface area (Å²) < 4.78 is 43.5. The van der Waals surface area contributed by atoms with Crippen molar-refractivity contribution in [3.63, 3.8) is 0 Å². The van der Waals surface area contributed by atoms with E-state index in [1.165, 1.54) is 31.2 Å². The molecule has 5 rings (SSSR count). The van der Waals surface area contributed by atoms with Crippen molar-refractivity contribution in [2.75, 3.05) is 34.9 Å². The van der Waals surface area contributed by atoms with E-state index < -0.39 is 27.5 Å². The summed E-state index contributed by atoms with van der Waals surface area (Å²) in [5.74, 6) is -1.22. The van der Waals surface area contributed by atoms with Crippen molar-refractivity contribution in [2.45, 2.75) is 38.1 Å². The molecule has 1 saturated heterocycles. The number of ether oxygens (including phenoxy) is 1. The van der Waals surface area contributed by atoms with Crippen LogP contribution in [0.4, 0.5) is 26.2 Å². The maximum absolute atomic E-state index is 14.2. The number of carbonyl (C=O) groups excluding carboxylic acids is 3. The minimum atomic E-state index is -3.29. The van der Waals surface area contributed by atoms with Crippen LogP contribution in [0.5, 0.6) is 11.5 Å². The van der Waals surface area contributed by atoms with Crippen LogP contribution in [-0.2, 0) is 26.9 Å². The fourth-order valence-electron chi connectivity index (χ4n) is 5.79. The van der Waals surface area contributed by atoms with Crippen LogP contribution in [0.15, 0.2) is 91.0 Å². The van der Waals surface area contributed by atoms with E-state index in [1.807, 2.05) is 42.5 Å². The number of rotatable bonds is 11. The zero-order valence-corrected chi connectivity index (χ0v) is 28.0. The molecule has 1 fully saturated rings.